The summed E-state index contributed by atoms with van der Waals surface area (Å²) in [5.74, 6) is 0. The fourth-order valence-corrected chi connectivity index (χ4v) is 9.18. The van der Waals surface area contributed by atoms with Gasteiger partial charge in [0.05, 0.1) is 11.0 Å². The zero-order valence-corrected chi connectivity index (χ0v) is 27.4. The van der Waals surface area contributed by atoms with Crippen molar-refractivity contribution in [3.8, 4) is 27.9 Å². The molecule has 1 aromatic heterocycles. The lowest BCUT2D eigenvalue weighted by molar-refractivity contribution is 1.18. The van der Waals surface area contributed by atoms with Gasteiger partial charge in [-0.05, 0) is 111 Å². The predicted molar refractivity (Wildman–Crippen MR) is 210 cm³/mol. The van der Waals surface area contributed by atoms with Gasteiger partial charge in [0.25, 0.3) is 0 Å². The van der Waals surface area contributed by atoms with Crippen LogP contribution in [-0.2, 0) is 0 Å². The normalized spacial score (nSPS) is 13.0. The molecule has 0 N–H and O–H groups in total. The molecular weight excluding hydrogens is 591 g/mol. The molecule has 8 aromatic carbocycles. The van der Waals surface area contributed by atoms with E-state index in [0.717, 1.165) is 0 Å². The summed E-state index contributed by atoms with van der Waals surface area (Å²) < 4.78 is 2.50. The highest BCUT2D eigenvalue weighted by Crippen LogP contribution is 2.50. The summed E-state index contributed by atoms with van der Waals surface area (Å²) in [5, 5.41) is 7.85. The van der Waals surface area contributed by atoms with E-state index in [9.17, 15) is 0 Å². The monoisotopic (exact) mass is 622 g/mol. The molecule has 3 heteroatoms. The molecule has 0 bridgehead atoms. The number of aromatic nitrogens is 1. The van der Waals surface area contributed by atoms with Crippen LogP contribution in [-0.4, -0.2) is 11.4 Å². The molecule has 0 amide bonds. The van der Waals surface area contributed by atoms with Crippen LogP contribution in [0.2, 0.25) is 0 Å². The fraction of sp³-hybridized carbons (Fsp3) is 0.0435. The zero-order valence-electron chi connectivity index (χ0n) is 27.4. The van der Waals surface area contributed by atoms with E-state index >= 15 is 0 Å². The topological polar surface area (TPSA) is 8.17 Å². The van der Waals surface area contributed by atoms with Gasteiger partial charge >= 0.3 is 6.85 Å². The van der Waals surface area contributed by atoms with Crippen LogP contribution in [0.1, 0.15) is 11.1 Å². The van der Waals surface area contributed by atoms with E-state index in [-0.39, 0.29) is 6.85 Å². The quantitative estimate of drug-likeness (QED) is 0.138. The summed E-state index contributed by atoms with van der Waals surface area (Å²) in [4.78, 5) is 2.66. The Bertz CT molecular complexity index is 2860. The molecule has 2 aliphatic rings. The van der Waals surface area contributed by atoms with Crippen molar-refractivity contribution in [1.29, 1.82) is 0 Å². The first kappa shape index (κ1) is 27.0. The van der Waals surface area contributed by atoms with E-state index in [2.05, 4.69) is 175 Å². The SMILES string of the molecule is Cc1cc2c3c(c1)-c1c(ccc4c5ccccc5n(-c5ccccc5)c14)N(c1ccccc1C)B3c1cccc3c1c-2cc1ccccc13. The number of fused-ring (bicyclic) bond motifs is 10. The van der Waals surface area contributed by atoms with E-state index in [0.29, 0.717) is 0 Å². The van der Waals surface area contributed by atoms with E-state index in [1.54, 1.807) is 0 Å². The summed E-state index contributed by atoms with van der Waals surface area (Å²) in [6.07, 6.45) is 0. The first-order valence-corrected chi connectivity index (χ1v) is 17.2. The summed E-state index contributed by atoms with van der Waals surface area (Å²) in [6, 6.07) is 56.7. The van der Waals surface area contributed by atoms with Crippen molar-refractivity contribution < 1.29 is 0 Å². The number of hydrogen-bond acceptors (Lipinski definition) is 1. The Hall–Kier alpha value is -6.06. The Morgan fingerprint density at radius 3 is 2.12 bits per heavy atom. The third-order valence-electron chi connectivity index (χ3n) is 11.1. The molecule has 0 radical (unpaired) electrons. The van der Waals surface area contributed by atoms with Gasteiger partial charge in [-0.3, -0.25) is 0 Å². The van der Waals surface area contributed by atoms with E-state index < -0.39 is 0 Å². The van der Waals surface area contributed by atoms with Crippen molar-refractivity contribution in [2.24, 2.45) is 0 Å². The molecule has 0 unspecified atom stereocenters. The molecule has 9 aromatic rings. The number of hydrogen-bond donors (Lipinski definition) is 0. The largest absolute Gasteiger partial charge is 0.376 e. The molecule has 11 rings (SSSR count). The van der Waals surface area contributed by atoms with E-state index in [4.69, 9.17) is 0 Å². The van der Waals surface area contributed by atoms with Crippen LogP contribution in [0.15, 0.2) is 152 Å². The van der Waals surface area contributed by atoms with Crippen LogP contribution in [0, 0.1) is 13.8 Å². The third-order valence-corrected chi connectivity index (χ3v) is 11.1. The summed E-state index contributed by atoms with van der Waals surface area (Å²) in [6.45, 7) is 4.54. The van der Waals surface area contributed by atoms with Crippen LogP contribution in [0.4, 0.5) is 11.4 Å². The first-order valence-electron chi connectivity index (χ1n) is 17.2. The second kappa shape index (κ2) is 9.75. The molecule has 2 aliphatic heterocycles. The number of nitrogens with zero attached hydrogens (tertiary/aromatic N) is 2. The number of anilines is 2. The minimum atomic E-state index is 0.0172. The van der Waals surface area contributed by atoms with Gasteiger partial charge in [0.2, 0.25) is 0 Å². The first-order chi connectivity index (χ1) is 24.2. The van der Waals surface area contributed by atoms with Crippen LogP contribution in [0.5, 0.6) is 0 Å². The van der Waals surface area contributed by atoms with Crippen molar-refractivity contribution in [2.75, 3.05) is 4.81 Å². The Labute approximate surface area is 285 Å². The average molecular weight is 623 g/mol. The van der Waals surface area contributed by atoms with Gasteiger partial charge in [0.15, 0.2) is 0 Å². The maximum Gasteiger partial charge on any atom is 0.330 e. The van der Waals surface area contributed by atoms with Crippen LogP contribution in [0.3, 0.4) is 0 Å². The highest BCUT2D eigenvalue weighted by molar-refractivity contribution is 6.94. The predicted octanol–water partition coefficient (Wildman–Crippen LogP) is 10.6. The molecule has 0 fully saturated rings. The minimum Gasteiger partial charge on any atom is -0.376 e. The van der Waals surface area contributed by atoms with Crippen LogP contribution in [0.25, 0.3) is 71.3 Å². The van der Waals surface area contributed by atoms with Gasteiger partial charge < -0.3 is 9.38 Å². The second-order valence-corrected chi connectivity index (χ2v) is 13.8. The lowest BCUT2D eigenvalue weighted by Crippen LogP contribution is -2.59. The fourth-order valence-electron chi connectivity index (χ4n) is 9.18. The zero-order chi connectivity index (χ0) is 32.4. The maximum atomic E-state index is 2.66. The van der Waals surface area contributed by atoms with Gasteiger partial charge in [-0.2, -0.15) is 0 Å². The van der Waals surface area contributed by atoms with Crippen molar-refractivity contribution in [3.63, 3.8) is 0 Å². The minimum absolute atomic E-state index is 0.0172. The molecule has 228 valence electrons. The number of aryl methyl sites for hydroxylation is 2. The van der Waals surface area contributed by atoms with Crippen molar-refractivity contribution in [3.05, 3.63) is 163 Å². The Morgan fingerprint density at radius 2 is 1.24 bits per heavy atom. The molecule has 3 heterocycles. The Balaban J connectivity index is 1.38. The van der Waals surface area contributed by atoms with E-state index in [1.165, 1.54) is 105 Å². The molecule has 0 saturated carbocycles. The second-order valence-electron chi connectivity index (χ2n) is 13.8. The molecule has 0 aliphatic carbocycles. The van der Waals surface area contributed by atoms with Crippen molar-refractivity contribution in [2.45, 2.75) is 13.8 Å². The summed E-state index contributed by atoms with van der Waals surface area (Å²) in [5.41, 5.74) is 16.8. The number of benzene rings is 8. The van der Waals surface area contributed by atoms with Gasteiger partial charge in [-0.15, -0.1) is 0 Å². The standard InChI is InChI=1S/C46H31BN2/c1-28-25-37-36-27-30-14-7-8-17-32(30)34-19-12-20-39(43(34)36)47-45(37)38(26-28)44-42(49(47)40-21-10-6-13-29(40)2)24-23-35-33-18-9-11-22-41(33)48(46(35)44)31-15-4-3-5-16-31/h3-27H,1-2H3. The number of para-hydroxylation sites is 3. The molecular formula is C46H31BN2. The average Bonchev–Trinajstić information content (AvgIpc) is 3.48. The van der Waals surface area contributed by atoms with Crippen LogP contribution < -0.4 is 15.7 Å². The molecule has 49 heavy (non-hydrogen) atoms. The molecule has 2 nitrogen and oxygen atoms in total. The highest BCUT2D eigenvalue weighted by Gasteiger charge is 2.44. The number of rotatable bonds is 2. The summed E-state index contributed by atoms with van der Waals surface area (Å²) >= 11 is 0. The molecule has 0 saturated heterocycles. The maximum absolute atomic E-state index is 2.66. The van der Waals surface area contributed by atoms with E-state index in [1.807, 2.05) is 0 Å². The highest BCUT2D eigenvalue weighted by atomic mass is 15.1. The van der Waals surface area contributed by atoms with Gasteiger partial charge in [0, 0.05) is 33.4 Å². The molecule has 0 spiro atoms. The lowest BCUT2D eigenvalue weighted by Gasteiger charge is -2.43. The Kier molecular flexibility index (Phi) is 5.36. The van der Waals surface area contributed by atoms with Gasteiger partial charge in [-0.25, -0.2) is 0 Å². The van der Waals surface area contributed by atoms with Gasteiger partial charge in [0.1, 0.15) is 0 Å². The molecule has 0 atom stereocenters. The van der Waals surface area contributed by atoms with Gasteiger partial charge in [-0.1, -0.05) is 115 Å². The Morgan fingerprint density at radius 1 is 0.510 bits per heavy atom. The van der Waals surface area contributed by atoms with Crippen molar-refractivity contribution >= 4 is 72.5 Å². The van der Waals surface area contributed by atoms with Crippen LogP contribution >= 0.6 is 0 Å². The summed E-state index contributed by atoms with van der Waals surface area (Å²) in [7, 11) is 0. The smallest absolute Gasteiger partial charge is 0.330 e. The van der Waals surface area contributed by atoms with Crippen molar-refractivity contribution in [1.82, 2.24) is 4.57 Å². The third kappa shape index (κ3) is 3.52. The lowest BCUT2D eigenvalue weighted by atomic mass is 9.41.